The van der Waals surface area contributed by atoms with Crippen LogP contribution in [-0.2, 0) is 0 Å². The highest BCUT2D eigenvalue weighted by Gasteiger charge is 2.16. The number of rotatable bonds is 6. The predicted molar refractivity (Wildman–Crippen MR) is 111 cm³/mol. The highest BCUT2D eigenvalue weighted by atomic mass is 35.5. The van der Waals surface area contributed by atoms with Gasteiger partial charge in [-0.15, -0.1) is 0 Å². The van der Waals surface area contributed by atoms with Gasteiger partial charge in [-0.05, 0) is 42.8 Å². The molecule has 2 atom stereocenters. The number of ether oxygens (including phenoxy) is 1. The number of hydrogen-bond acceptors (Lipinski definition) is 5. The average Bonchev–Trinajstić information content (AvgIpc) is 3.08. The molecule has 0 aliphatic carbocycles. The van der Waals surface area contributed by atoms with Crippen LogP contribution in [0, 0.1) is 0 Å². The Labute approximate surface area is 167 Å². The van der Waals surface area contributed by atoms with Crippen molar-refractivity contribution in [3.8, 4) is 16.9 Å². The molecular weight excluding hydrogens is 387 g/mol. The van der Waals surface area contributed by atoms with Gasteiger partial charge in [-0.25, -0.2) is 4.99 Å². The van der Waals surface area contributed by atoms with E-state index in [0.717, 1.165) is 36.4 Å². The Hall–Kier alpha value is -2.19. The first kappa shape index (κ1) is 19.6. The highest BCUT2D eigenvalue weighted by Crippen LogP contribution is 2.38. The summed E-state index contributed by atoms with van der Waals surface area (Å²) in [6, 6.07) is 11.1. The van der Waals surface area contributed by atoms with E-state index < -0.39 is 6.29 Å². The summed E-state index contributed by atoms with van der Waals surface area (Å²) in [4.78, 5) is 3.80. The SMILES string of the molecule is NC(N)=NC(N)Nc1cc(Cl)c(-c2ccc(O[C@H]3CCNC3)cc2)c(Cl)c1. The summed E-state index contributed by atoms with van der Waals surface area (Å²) in [5.74, 6) is 0.709. The number of nitrogens with one attached hydrogen (secondary N) is 2. The third-order valence-corrected chi connectivity index (χ3v) is 4.70. The average molecular weight is 409 g/mol. The molecule has 1 aliphatic heterocycles. The number of nitrogens with two attached hydrogens (primary N) is 3. The largest absolute Gasteiger partial charge is 0.489 e. The molecule has 1 unspecified atom stereocenters. The van der Waals surface area contributed by atoms with E-state index in [9.17, 15) is 0 Å². The van der Waals surface area contributed by atoms with Crippen LogP contribution in [0.15, 0.2) is 41.4 Å². The van der Waals surface area contributed by atoms with Gasteiger partial charge in [0, 0.05) is 17.8 Å². The fraction of sp³-hybridized carbons (Fsp3) is 0.278. The number of guanidine groups is 1. The van der Waals surface area contributed by atoms with E-state index in [0.29, 0.717) is 15.7 Å². The molecule has 1 fully saturated rings. The molecule has 0 amide bonds. The van der Waals surface area contributed by atoms with E-state index in [2.05, 4.69) is 15.6 Å². The number of benzene rings is 2. The summed E-state index contributed by atoms with van der Waals surface area (Å²) in [5, 5.41) is 7.16. The van der Waals surface area contributed by atoms with Crippen molar-refractivity contribution < 1.29 is 4.74 Å². The molecule has 8 N–H and O–H groups in total. The minimum Gasteiger partial charge on any atom is -0.489 e. The Morgan fingerprint density at radius 2 is 1.85 bits per heavy atom. The molecule has 27 heavy (non-hydrogen) atoms. The third kappa shape index (κ3) is 5.17. The molecule has 144 valence electrons. The van der Waals surface area contributed by atoms with E-state index in [4.69, 9.17) is 45.1 Å². The maximum atomic E-state index is 6.45. The van der Waals surface area contributed by atoms with Gasteiger partial charge in [-0.1, -0.05) is 35.3 Å². The quantitative estimate of drug-likeness (QED) is 0.283. The van der Waals surface area contributed by atoms with Crippen molar-refractivity contribution in [1.29, 1.82) is 0 Å². The second-order valence-corrected chi connectivity index (χ2v) is 7.03. The molecular formula is C18H22Cl2N6O. The van der Waals surface area contributed by atoms with Crippen LogP contribution in [0.5, 0.6) is 5.75 Å². The summed E-state index contributed by atoms with van der Waals surface area (Å²) in [6.45, 7) is 1.86. The molecule has 1 heterocycles. The Bertz CT molecular complexity index is 794. The maximum Gasteiger partial charge on any atom is 0.189 e. The minimum absolute atomic E-state index is 0.112. The molecule has 0 saturated carbocycles. The molecule has 2 aromatic carbocycles. The Morgan fingerprint density at radius 1 is 1.19 bits per heavy atom. The van der Waals surface area contributed by atoms with Crippen LogP contribution in [0.1, 0.15) is 6.42 Å². The highest BCUT2D eigenvalue weighted by molar-refractivity contribution is 6.39. The van der Waals surface area contributed by atoms with Gasteiger partial charge >= 0.3 is 0 Å². The standard InChI is InChI=1S/C18H22Cl2N6O/c19-14-7-11(25-18(23)26-17(21)22)8-15(20)16(14)10-1-3-12(4-2-10)27-13-5-6-24-9-13/h1-4,7-8,13,18,24-25H,5-6,9,23H2,(H4,21,22,26)/t13-,18?/m0/s1. The van der Waals surface area contributed by atoms with Crippen LogP contribution in [0.3, 0.4) is 0 Å². The van der Waals surface area contributed by atoms with Crippen LogP contribution >= 0.6 is 23.2 Å². The van der Waals surface area contributed by atoms with E-state index in [1.165, 1.54) is 0 Å². The molecule has 7 nitrogen and oxygen atoms in total. The van der Waals surface area contributed by atoms with Crippen molar-refractivity contribution in [3.63, 3.8) is 0 Å². The molecule has 1 aliphatic rings. The summed E-state index contributed by atoms with van der Waals surface area (Å²) in [5.41, 5.74) is 18.6. The second-order valence-electron chi connectivity index (χ2n) is 6.22. The van der Waals surface area contributed by atoms with Crippen molar-refractivity contribution in [2.45, 2.75) is 18.8 Å². The van der Waals surface area contributed by atoms with Crippen molar-refractivity contribution >= 4 is 34.8 Å². The number of halogens is 2. The monoisotopic (exact) mass is 408 g/mol. The maximum absolute atomic E-state index is 6.45. The lowest BCUT2D eigenvalue weighted by Crippen LogP contribution is -2.33. The Balaban J connectivity index is 1.76. The summed E-state index contributed by atoms with van der Waals surface area (Å²) in [7, 11) is 0. The van der Waals surface area contributed by atoms with Gasteiger partial charge < -0.3 is 26.8 Å². The topological polar surface area (TPSA) is 124 Å². The number of anilines is 1. The third-order valence-electron chi connectivity index (χ3n) is 4.11. The summed E-state index contributed by atoms with van der Waals surface area (Å²) in [6.07, 6.45) is 0.424. The van der Waals surface area contributed by atoms with Crippen molar-refractivity contribution in [3.05, 3.63) is 46.4 Å². The van der Waals surface area contributed by atoms with Crippen molar-refractivity contribution in [2.24, 2.45) is 22.2 Å². The number of aliphatic imine (C=N–C) groups is 1. The van der Waals surface area contributed by atoms with Gasteiger partial charge in [-0.2, -0.15) is 0 Å². The number of nitrogens with zero attached hydrogens (tertiary/aromatic N) is 1. The van der Waals surface area contributed by atoms with Crippen LogP contribution < -0.4 is 32.6 Å². The lowest BCUT2D eigenvalue weighted by Gasteiger charge is -2.16. The van der Waals surface area contributed by atoms with Gasteiger partial charge in [0.1, 0.15) is 11.9 Å². The second kappa shape index (κ2) is 8.67. The molecule has 0 radical (unpaired) electrons. The zero-order valence-electron chi connectivity index (χ0n) is 14.6. The molecule has 1 saturated heterocycles. The molecule has 9 heteroatoms. The predicted octanol–water partition coefficient (Wildman–Crippen LogP) is 2.33. The summed E-state index contributed by atoms with van der Waals surface area (Å²) >= 11 is 12.9. The van der Waals surface area contributed by atoms with E-state index in [1.807, 2.05) is 24.3 Å². The van der Waals surface area contributed by atoms with Crippen molar-refractivity contribution in [2.75, 3.05) is 18.4 Å². The van der Waals surface area contributed by atoms with E-state index in [1.54, 1.807) is 12.1 Å². The Morgan fingerprint density at radius 3 is 2.41 bits per heavy atom. The zero-order valence-corrected chi connectivity index (χ0v) is 16.1. The minimum atomic E-state index is -0.797. The fourth-order valence-electron chi connectivity index (χ4n) is 2.92. The van der Waals surface area contributed by atoms with Crippen molar-refractivity contribution in [1.82, 2.24) is 5.32 Å². The molecule has 0 bridgehead atoms. The van der Waals surface area contributed by atoms with Crippen LogP contribution in [0.4, 0.5) is 5.69 Å². The number of hydrogen-bond donors (Lipinski definition) is 5. The van der Waals surface area contributed by atoms with Gasteiger partial charge in [0.25, 0.3) is 0 Å². The summed E-state index contributed by atoms with van der Waals surface area (Å²) < 4.78 is 5.94. The first-order valence-corrected chi connectivity index (χ1v) is 9.25. The molecule has 0 aromatic heterocycles. The van der Waals surface area contributed by atoms with Gasteiger partial charge in [0.2, 0.25) is 0 Å². The normalized spacial score (nSPS) is 17.4. The van der Waals surface area contributed by atoms with Crippen LogP contribution in [0.25, 0.3) is 11.1 Å². The first-order chi connectivity index (χ1) is 12.9. The lowest BCUT2D eigenvalue weighted by atomic mass is 10.0. The molecule has 0 spiro atoms. The fourth-order valence-corrected chi connectivity index (χ4v) is 3.62. The van der Waals surface area contributed by atoms with Crippen LogP contribution in [-0.4, -0.2) is 31.4 Å². The van der Waals surface area contributed by atoms with E-state index in [-0.39, 0.29) is 12.1 Å². The Kier molecular flexibility index (Phi) is 6.28. The first-order valence-electron chi connectivity index (χ1n) is 8.50. The van der Waals surface area contributed by atoms with Gasteiger partial charge in [0.05, 0.1) is 10.0 Å². The van der Waals surface area contributed by atoms with Gasteiger partial charge in [0.15, 0.2) is 12.2 Å². The van der Waals surface area contributed by atoms with E-state index >= 15 is 0 Å². The van der Waals surface area contributed by atoms with Gasteiger partial charge in [-0.3, -0.25) is 5.73 Å². The molecule has 3 rings (SSSR count). The lowest BCUT2D eigenvalue weighted by molar-refractivity contribution is 0.223. The van der Waals surface area contributed by atoms with Crippen LogP contribution in [0.2, 0.25) is 10.0 Å². The smallest absolute Gasteiger partial charge is 0.189 e. The zero-order chi connectivity index (χ0) is 19.4. The molecule has 2 aromatic rings.